The fourth-order valence-electron chi connectivity index (χ4n) is 15.5. The van der Waals surface area contributed by atoms with Gasteiger partial charge >= 0.3 is 0 Å². The van der Waals surface area contributed by atoms with Crippen LogP contribution in [-0.4, -0.2) is 0 Å². The highest BCUT2D eigenvalue weighted by atomic mass is 14.6. The molecule has 0 nitrogen and oxygen atoms in total. The second-order valence-corrected chi connectivity index (χ2v) is 30.1. The first kappa shape index (κ1) is 52.0. The Balaban J connectivity index is 0.000000145. The molecule has 0 aromatic rings. The molecule has 9 fully saturated rings. The molecule has 0 saturated heterocycles. The van der Waals surface area contributed by atoms with Crippen molar-refractivity contribution in [3.63, 3.8) is 0 Å². The van der Waals surface area contributed by atoms with Gasteiger partial charge in [0.1, 0.15) is 0 Å². The molecule has 0 amide bonds. The normalized spacial score (nSPS) is 33.2. The van der Waals surface area contributed by atoms with Crippen LogP contribution in [0.25, 0.3) is 0 Å². The number of hydrogen-bond donors (Lipinski definition) is 0. The standard InChI is InChI=1S/C14H26.2C13H24.C11H20.C10H20/c1-13(2,3)12-6-10-14(11-7-12)8-4-5-9-14;1-12(2,3)11-5-9-13(10-6-11)7-4-8-13;1-12(2,3)11-6-9-13(10-11)7-4-5-8-13;1-10(2,3)9-7-11(8-9)5-4-6-11;1-5-6-10(4)7-9(10)8(2)3/h12H,4-11H2,1-3H3;2*11H,4-10H2,1-3H3;9H,4-8H2,1-3H3;8-9H,5-7H2,1-4H3. The summed E-state index contributed by atoms with van der Waals surface area (Å²) in [6.07, 6.45) is 45.5. The quantitative estimate of drug-likeness (QED) is 0.265. The van der Waals surface area contributed by atoms with E-state index in [0.717, 1.165) is 62.6 Å². The number of rotatable bonds is 3. The van der Waals surface area contributed by atoms with Gasteiger partial charge in [0.15, 0.2) is 0 Å². The van der Waals surface area contributed by atoms with Gasteiger partial charge in [-0.15, -0.1) is 0 Å². The van der Waals surface area contributed by atoms with Gasteiger partial charge in [-0.25, -0.2) is 0 Å². The van der Waals surface area contributed by atoms with E-state index in [4.69, 9.17) is 0 Å². The predicted molar refractivity (Wildman–Crippen MR) is 272 cm³/mol. The van der Waals surface area contributed by atoms with E-state index in [0.29, 0.717) is 21.7 Å². The van der Waals surface area contributed by atoms with Crippen molar-refractivity contribution in [2.75, 3.05) is 0 Å². The molecule has 358 valence electrons. The summed E-state index contributed by atoms with van der Waals surface area (Å²) in [4.78, 5) is 0. The maximum atomic E-state index is 2.45. The molecule has 4 spiro atoms. The van der Waals surface area contributed by atoms with Crippen LogP contribution in [0.5, 0.6) is 0 Å². The van der Waals surface area contributed by atoms with Gasteiger partial charge in [-0.2, -0.15) is 0 Å². The van der Waals surface area contributed by atoms with E-state index in [2.05, 4.69) is 111 Å². The van der Waals surface area contributed by atoms with Gasteiger partial charge in [-0.3, -0.25) is 0 Å². The van der Waals surface area contributed by atoms with Crippen LogP contribution in [0.2, 0.25) is 0 Å². The molecule has 3 unspecified atom stereocenters. The smallest absolute Gasteiger partial charge is 0.0292 e. The molecule has 9 aliphatic rings. The zero-order chi connectivity index (χ0) is 45.2. The molecule has 0 N–H and O–H groups in total. The predicted octanol–water partition coefficient (Wildman–Crippen LogP) is 20.7. The Labute approximate surface area is 386 Å². The van der Waals surface area contributed by atoms with Crippen LogP contribution < -0.4 is 0 Å². The van der Waals surface area contributed by atoms with Gasteiger partial charge in [0, 0.05) is 0 Å². The zero-order valence-electron chi connectivity index (χ0n) is 45.2. The highest BCUT2D eigenvalue weighted by Gasteiger charge is 2.52. The van der Waals surface area contributed by atoms with Crippen LogP contribution in [0.15, 0.2) is 0 Å². The van der Waals surface area contributed by atoms with Gasteiger partial charge in [0.05, 0.1) is 0 Å². The monoisotopic (exact) mass is 847 g/mol. The van der Waals surface area contributed by atoms with E-state index < -0.39 is 0 Å². The van der Waals surface area contributed by atoms with Crippen molar-refractivity contribution in [1.29, 1.82) is 0 Å². The molecule has 0 aromatic heterocycles. The maximum absolute atomic E-state index is 2.45. The minimum Gasteiger partial charge on any atom is -0.0654 e. The summed E-state index contributed by atoms with van der Waals surface area (Å²) in [6.45, 7) is 38.4. The van der Waals surface area contributed by atoms with Gasteiger partial charge in [0.2, 0.25) is 0 Å². The molecular weight excluding hydrogens is 733 g/mol. The fraction of sp³-hybridized carbons (Fsp3) is 1.00. The van der Waals surface area contributed by atoms with E-state index in [1.807, 2.05) is 0 Å². The van der Waals surface area contributed by atoms with E-state index in [-0.39, 0.29) is 0 Å². The SMILES string of the molecule is CC(C)(C)C1CC2(CCC2)C1.CC(C)(C)C1CCC2(CCC2)CC1.CC(C)(C)C1CCC2(CCCC2)C1.CC(C)(C)C1CCC2(CCCC2)CC1.CCCC1(C)CC1C(C)C. The molecule has 0 aromatic carbocycles. The highest BCUT2D eigenvalue weighted by molar-refractivity contribution is 5.02. The van der Waals surface area contributed by atoms with Crippen LogP contribution >= 0.6 is 0 Å². The Morgan fingerprint density at radius 1 is 0.377 bits per heavy atom. The minimum atomic E-state index is 0.556. The summed E-state index contributed by atoms with van der Waals surface area (Å²) in [5.74, 6) is 5.98. The molecule has 9 aliphatic carbocycles. The molecule has 9 rings (SSSR count). The Kier molecular flexibility index (Phi) is 17.1. The average molecular weight is 848 g/mol. The molecule has 9 saturated carbocycles. The molecule has 0 heterocycles. The van der Waals surface area contributed by atoms with E-state index in [1.54, 1.807) is 51.4 Å². The van der Waals surface area contributed by atoms with Crippen LogP contribution in [0.1, 0.15) is 303 Å². The molecule has 61 heavy (non-hydrogen) atoms. The fourth-order valence-corrected chi connectivity index (χ4v) is 15.5. The van der Waals surface area contributed by atoms with Crippen LogP contribution in [0.4, 0.5) is 0 Å². The Morgan fingerprint density at radius 2 is 0.689 bits per heavy atom. The third kappa shape index (κ3) is 14.0. The van der Waals surface area contributed by atoms with Crippen LogP contribution in [-0.2, 0) is 0 Å². The minimum absolute atomic E-state index is 0.556. The van der Waals surface area contributed by atoms with Crippen molar-refractivity contribution >= 4 is 0 Å². The average Bonchev–Trinajstić information content (AvgIpc) is 3.53. The molecule has 0 aliphatic heterocycles. The van der Waals surface area contributed by atoms with Gasteiger partial charge in [-0.05, 0) is 232 Å². The topological polar surface area (TPSA) is 0 Å². The zero-order valence-corrected chi connectivity index (χ0v) is 45.2. The van der Waals surface area contributed by atoms with E-state index >= 15 is 0 Å². The molecule has 0 bridgehead atoms. The summed E-state index contributed by atoms with van der Waals surface area (Å²) in [6, 6.07) is 0. The second kappa shape index (κ2) is 20.1. The lowest BCUT2D eigenvalue weighted by Crippen LogP contribution is -2.47. The summed E-state index contributed by atoms with van der Waals surface area (Å²) in [5.41, 5.74) is 6.36. The van der Waals surface area contributed by atoms with Gasteiger partial charge < -0.3 is 0 Å². The lowest BCUT2D eigenvalue weighted by atomic mass is 9.47. The molecular formula is C61H114. The Bertz CT molecular complexity index is 1270. The first-order valence-electron chi connectivity index (χ1n) is 28.2. The van der Waals surface area contributed by atoms with E-state index in [9.17, 15) is 0 Å². The van der Waals surface area contributed by atoms with Gasteiger partial charge in [-0.1, -0.05) is 156 Å². The van der Waals surface area contributed by atoms with Crippen molar-refractivity contribution in [2.45, 2.75) is 303 Å². The molecule has 0 heteroatoms. The molecule has 0 radical (unpaired) electrons. The van der Waals surface area contributed by atoms with Gasteiger partial charge in [0.25, 0.3) is 0 Å². The highest BCUT2D eigenvalue weighted by Crippen LogP contribution is 2.63. The lowest BCUT2D eigenvalue weighted by molar-refractivity contribution is -0.0700. The van der Waals surface area contributed by atoms with E-state index in [1.165, 1.54) is 141 Å². The maximum Gasteiger partial charge on any atom is -0.0292 e. The third-order valence-corrected chi connectivity index (χ3v) is 21.3. The van der Waals surface area contributed by atoms with Crippen LogP contribution in [0.3, 0.4) is 0 Å². The first-order valence-corrected chi connectivity index (χ1v) is 28.2. The van der Waals surface area contributed by atoms with Crippen molar-refractivity contribution in [3.8, 4) is 0 Å². The van der Waals surface area contributed by atoms with Crippen LogP contribution in [0, 0.1) is 84.2 Å². The van der Waals surface area contributed by atoms with Crippen molar-refractivity contribution in [1.82, 2.24) is 0 Å². The lowest BCUT2D eigenvalue weighted by Gasteiger charge is -2.58. The van der Waals surface area contributed by atoms with Crippen molar-refractivity contribution < 1.29 is 0 Å². The molecule has 3 atom stereocenters. The first-order chi connectivity index (χ1) is 28.2. The summed E-state index contributed by atoms with van der Waals surface area (Å²) in [5, 5.41) is 0. The third-order valence-electron chi connectivity index (χ3n) is 21.3. The van der Waals surface area contributed by atoms with Crippen molar-refractivity contribution in [3.05, 3.63) is 0 Å². The largest absolute Gasteiger partial charge is 0.0654 e. The second-order valence-electron chi connectivity index (χ2n) is 30.1. The summed E-state index contributed by atoms with van der Waals surface area (Å²) in [7, 11) is 0. The van der Waals surface area contributed by atoms with Crippen molar-refractivity contribution in [2.24, 2.45) is 84.2 Å². The summed E-state index contributed by atoms with van der Waals surface area (Å²) < 4.78 is 0. The Morgan fingerprint density at radius 3 is 0.967 bits per heavy atom. The Hall–Kier alpha value is 0. The summed E-state index contributed by atoms with van der Waals surface area (Å²) >= 11 is 0. The number of hydrogen-bond acceptors (Lipinski definition) is 0.